The molecule has 0 atom stereocenters. The van der Waals surface area contributed by atoms with Crippen LogP contribution in [0.3, 0.4) is 0 Å². The van der Waals surface area contributed by atoms with Gasteiger partial charge < -0.3 is 20.1 Å². The van der Waals surface area contributed by atoms with E-state index in [-0.39, 0.29) is 24.0 Å². The molecule has 0 saturated heterocycles. The van der Waals surface area contributed by atoms with Crippen molar-refractivity contribution in [3.8, 4) is 11.5 Å². The van der Waals surface area contributed by atoms with Crippen LogP contribution in [-0.2, 0) is 6.54 Å². The number of rotatable bonds is 9. The Balaban J connectivity index is 0.00000364. The van der Waals surface area contributed by atoms with Crippen LogP contribution in [0.1, 0.15) is 12.5 Å². The molecule has 0 amide bonds. The first-order chi connectivity index (χ1) is 12.8. The zero-order valence-electron chi connectivity index (χ0n) is 16.0. The maximum atomic E-state index is 5.35. The molecule has 27 heavy (non-hydrogen) atoms. The van der Waals surface area contributed by atoms with Crippen LogP contribution in [0.25, 0.3) is 0 Å². The van der Waals surface area contributed by atoms with E-state index in [4.69, 9.17) is 9.47 Å². The van der Waals surface area contributed by atoms with Crippen LogP contribution < -0.4 is 20.1 Å². The number of methoxy groups -OCH3 is 2. The second-order valence-corrected chi connectivity index (χ2v) is 6.64. The summed E-state index contributed by atoms with van der Waals surface area (Å²) in [6.07, 6.45) is 0. The summed E-state index contributed by atoms with van der Waals surface area (Å²) in [5.41, 5.74) is 1.07. The predicted molar refractivity (Wildman–Crippen MR) is 125 cm³/mol. The average molecular weight is 501 g/mol. The zero-order valence-corrected chi connectivity index (χ0v) is 19.2. The van der Waals surface area contributed by atoms with E-state index < -0.39 is 0 Å². The molecule has 2 rings (SSSR count). The summed E-state index contributed by atoms with van der Waals surface area (Å²) < 4.78 is 10.6. The van der Waals surface area contributed by atoms with Gasteiger partial charge in [0.25, 0.3) is 0 Å². The number of halogens is 1. The van der Waals surface area contributed by atoms with Crippen LogP contribution in [0.4, 0.5) is 0 Å². The van der Waals surface area contributed by atoms with Gasteiger partial charge in [0, 0.05) is 23.7 Å². The normalized spacial score (nSPS) is 10.7. The van der Waals surface area contributed by atoms with Gasteiger partial charge in [-0.3, -0.25) is 0 Å². The number of aliphatic imine (C=N–C) groups is 1. The molecule has 0 unspecified atom stereocenters. The Morgan fingerprint density at radius 1 is 1.00 bits per heavy atom. The zero-order chi connectivity index (χ0) is 18.6. The van der Waals surface area contributed by atoms with E-state index in [1.54, 1.807) is 14.2 Å². The molecule has 0 aliphatic carbocycles. The summed E-state index contributed by atoms with van der Waals surface area (Å²) in [5.74, 6) is 3.24. The molecule has 0 radical (unpaired) electrons. The van der Waals surface area contributed by atoms with Crippen molar-refractivity contribution in [3.63, 3.8) is 0 Å². The number of benzene rings is 2. The molecule has 0 aromatic heterocycles. The van der Waals surface area contributed by atoms with E-state index in [2.05, 4.69) is 46.8 Å². The summed E-state index contributed by atoms with van der Waals surface area (Å²) in [5, 5.41) is 6.65. The fourth-order valence-electron chi connectivity index (χ4n) is 2.35. The molecular weight excluding hydrogens is 473 g/mol. The first kappa shape index (κ1) is 23.4. The lowest BCUT2D eigenvalue weighted by Gasteiger charge is -2.12. The number of hydrogen-bond donors (Lipinski definition) is 2. The van der Waals surface area contributed by atoms with E-state index >= 15 is 0 Å². The number of guanidine groups is 1. The van der Waals surface area contributed by atoms with Gasteiger partial charge in [-0.05, 0) is 36.8 Å². The Labute approximate surface area is 183 Å². The monoisotopic (exact) mass is 501 g/mol. The molecule has 2 aromatic rings. The maximum absolute atomic E-state index is 5.35. The van der Waals surface area contributed by atoms with E-state index in [0.717, 1.165) is 41.9 Å². The lowest BCUT2D eigenvalue weighted by atomic mass is 10.2. The fourth-order valence-corrected chi connectivity index (χ4v) is 3.14. The first-order valence-electron chi connectivity index (χ1n) is 8.67. The molecule has 2 aromatic carbocycles. The second kappa shape index (κ2) is 13.5. The highest BCUT2D eigenvalue weighted by atomic mass is 127. The molecule has 0 saturated carbocycles. The molecule has 5 nitrogen and oxygen atoms in total. The molecule has 0 aliphatic rings. The van der Waals surface area contributed by atoms with E-state index in [0.29, 0.717) is 6.54 Å². The number of nitrogens with zero attached hydrogens (tertiary/aromatic N) is 1. The fraction of sp³-hybridized carbons (Fsp3) is 0.350. The third kappa shape index (κ3) is 8.30. The van der Waals surface area contributed by atoms with Gasteiger partial charge in [0.15, 0.2) is 17.5 Å². The first-order valence-corrected chi connectivity index (χ1v) is 9.66. The third-order valence-corrected chi connectivity index (χ3v) is 4.63. The van der Waals surface area contributed by atoms with Gasteiger partial charge in [0.05, 0.1) is 20.8 Å². The molecule has 0 spiro atoms. The summed E-state index contributed by atoms with van der Waals surface area (Å²) in [6, 6.07) is 16.3. The summed E-state index contributed by atoms with van der Waals surface area (Å²) in [7, 11) is 3.28. The highest BCUT2D eigenvalue weighted by Crippen LogP contribution is 2.27. The minimum Gasteiger partial charge on any atom is -0.493 e. The second-order valence-electron chi connectivity index (χ2n) is 5.47. The molecular formula is C20H28IN3O2S. The van der Waals surface area contributed by atoms with Crippen LogP contribution >= 0.6 is 35.7 Å². The van der Waals surface area contributed by atoms with Crippen molar-refractivity contribution in [3.05, 3.63) is 54.1 Å². The lowest BCUT2D eigenvalue weighted by Crippen LogP contribution is -2.38. The smallest absolute Gasteiger partial charge is 0.191 e. The number of nitrogens with one attached hydrogen (secondary N) is 2. The van der Waals surface area contributed by atoms with Gasteiger partial charge in [-0.1, -0.05) is 24.3 Å². The molecule has 2 N–H and O–H groups in total. The van der Waals surface area contributed by atoms with E-state index in [9.17, 15) is 0 Å². The van der Waals surface area contributed by atoms with Gasteiger partial charge in [-0.15, -0.1) is 35.7 Å². The topological polar surface area (TPSA) is 54.9 Å². The molecule has 7 heteroatoms. The largest absolute Gasteiger partial charge is 0.493 e. The molecule has 0 bridgehead atoms. The van der Waals surface area contributed by atoms with E-state index in [1.807, 2.05) is 36.0 Å². The summed E-state index contributed by atoms with van der Waals surface area (Å²) >= 11 is 1.83. The number of thioether (sulfide) groups is 1. The summed E-state index contributed by atoms with van der Waals surface area (Å²) in [4.78, 5) is 5.93. The van der Waals surface area contributed by atoms with Gasteiger partial charge in [-0.2, -0.15) is 0 Å². The van der Waals surface area contributed by atoms with Crippen molar-refractivity contribution in [2.45, 2.75) is 18.4 Å². The molecule has 0 heterocycles. The Morgan fingerprint density at radius 2 is 1.74 bits per heavy atom. The number of hydrogen-bond acceptors (Lipinski definition) is 4. The van der Waals surface area contributed by atoms with Crippen LogP contribution in [0, 0.1) is 0 Å². The van der Waals surface area contributed by atoms with Crippen LogP contribution in [-0.4, -0.2) is 39.0 Å². The Kier molecular flexibility index (Phi) is 11.8. The van der Waals surface area contributed by atoms with Crippen molar-refractivity contribution in [2.24, 2.45) is 4.99 Å². The van der Waals surface area contributed by atoms with Gasteiger partial charge >= 0.3 is 0 Å². The van der Waals surface area contributed by atoms with Gasteiger partial charge in [0.1, 0.15) is 0 Å². The Bertz CT molecular complexity index is 699. The minimum atomic E-state index is 0. The SMILES string of the molecule is CCNC(=NCc1ccc(OC)c(OC)c1)NCCSc1ccccc1.I. The van der Waals surface area contributed by atoms with Crippen LogP contribution in [0.15, 0.2) is 58.4 Å². The maximum Gasteiger partial charge on any atom is 0.191 e. The molecule has 0 fully saturated rings. The van der Waals surface area contributed by atoms with Gasteiger partial charge in [-0.25, -0.2) is 4.99 Å². The van der Waals surface area contributed by atoms with E-state index in [1.165, 1.54) is 4.90 Å². The predicted octanol–water partition coefficient (Wildman–Crippen LogP) is 4.17. The average Bonchev–Trinajstić information content (AvgIpc) is 2.69. The third-order valence-electron chi connectivity index (χ3n) is 3.62. The molecule has 148 valence electrons. The molecule has 0 aliphatic heterocycles. The van der Waals surface area contributed by atoms with Crippen LogP contribution in [0.5, 0.6) is 11.5 Å². The highest BCUT2D eigenvalue weighted by molar-refractivity contribution is 14.0. The standard InChI is InChI=1S/C20H27N3O2S.HI/c1-4-21-20(22-12-13-26-17-8-6-5-7-9-17)23-15-16-10-11-18(24-2)19(14-16)25-3;/h5-11,14H,4,12-13,15H2,1-3H3,(H2,21,22,23);1H. The minimum absolute atomic E-state index is 0. The number of ether oxygens (including phenoxy) is 2. The Morgan fingerprint density at radius 3 is 2.41 bits per heavy atom. The summed E-state index contributed by atoms with van der Waals surface area (Å²) in [6.45, 7) is 4.30. The van der Waals surface area contributed by atoms with Crippen molar-refractivity contribution >= 4 is 41.7 Å². The lowest BCUT2D eigenvalue weighted by molar-refractivity contribution is 0.354. The quantitative estimate of drug-likeness (QED) is 0.178. The van der Waals surface area contributed by atoms with Crippen molar-refractivity contribution in [1.29, 1.82) is 0 Å². The highest BCUT2D eigenvalue weighted by Gasteiger charge is 2.04. The van der Waals surface area contributed by atoms with Crippen molar-refractivity contribution in [1.82, 2.24) is 10.6 Å². The van der Waals surface area contributed by atoms with Gasteiger partial charge in [0.2, 0.25) is 0 Å². The van der Waals surface area contributed by atoms with Crippen LogP contribution in [0.2, 0.25) is 0 Å². The Hall–Kier alpha value is -1.61. The van der Waals surface area contributed by atoms with Crippen molar-refractivity contribution in [2.75, 3.05) is 33.1 Å². The van der Waals surface area contributed by atoms with Crippen molar-refractivity contribution < 1.29 is 9.47 Å².